The van der Waals surface area contributed by atoms with E-state index in [1.807, 2.05) is 36.4 Å². The SMILES string of the molecule is O=C(NC(CSC1CCCOC1)C(=O)O)OCC1c2ccccc2-c2ccccc21. The van der Waals surface area contributed by atoms with E-state index in [9.17, 15) is 14.7 Å². The van der Waals surface area contributed by atoms with Gasteiger partial charge in [-0.2, -0.15) is 11.8 Å². The van der Waals surface area contributed by atoms with Crippen molar-refractivity contribution in [2.45, 2.75) is 30.1 Å². The van der Waals surface area contributed by atoms with Crippen LogP contribution in [0.1, 0.15) is 29.9 Å². The van der Waals surface area contributed by atoms with Crippen LogP contribution in [0.4, 0.5) is 4.79 Å². The average Bonchev–Trinajstić information content (AvgIpc) is 3.09. The smallest absolute Gasteiger partial charge is 0.407 e. The molecule has 0 spiro atoms. The Kier molecular flexibility index (Phi) is 6.59. The monoisotopic (exact) mass is 427 g/mol. The fraction of sp³-hybridized carbons (Fsp3) is 0.391. The molecule has 158 valence electrons. The molecule has 1 fully saturated rings. The number of hydrogen-bond acceptors (Lipinski definition) is 5. The summed E-state index contributed by atoms with van der Waals surface area (Å²) in [6.45, 7) is 1.55. The number of aliphatic carboxylic acids is 1. The first-order valence-electron chi connectivity index (χ1n) is 10.2. The number of carboxylic acids is 1. The van der Waals surface area contributed by atoms with Crippen molar-refractivity contribution in [2.75, 3.05) is 25.6 Å². The van der Waals surface area contributed by atoms with Crippen molar-refractivity contribution in [3.05, 3.63) is 59.7 Å². The van der Waals surface area contributed by atoms with Crippen molar-refractivity contribution in [1.82, 2.24) is 5.32 Å². The standard InChI is InChI=1S/C23H25NO5S/c25-22(26)21(14-30-15-6-5-11-28-12-15)24-23(27)29-13-20-18-9-3-1-7-16(18)17-8-2-4-10-19(17)20/h1-4,7-10,15,20-21H,5-6,11-14H2,(H,24,27)(H,25,26). The Balaban J connectivity index is 1.35. The predicted molar refractivity (Wildman–Crippen MR) is 116 cm³/mol. The molecule has 2 aromatic carbocycles. The van der Waals surface area contributed by atoms with E-state index in [-0.39, 0.29) is 23.5 Å². The molecule has 0 radical (unpaired) electrons. The summed E-state index contributed by atoms with van der Waals surface area (Å²) in [5.74, 6) is -0.832. The van der Waals surface area contributed by atoms with Gasteiger partial charge in [0.1, 0.15) is 12.6 Å². The van der Waals surface area contributed by atoms with Gasteiger partial charge in [-0.05, 0) is 35.1 Å². The third kappa shape index (κ3) is 4.63. The highest BCUT2D eigenvalue weighted by Crippen LogP contribution is 2.44. The molecule has 1 heterocycles. The molecular formula is C23H25NO5S. The molecule has 2 aliphatic rings. The summed E-state index contributed by atoms with van der Waals surface area (Å²) in [6.07, 6.45) is 1.28. The van der Waals surface area contributed by atoms with E-state index in [2.05, 4.69) is 17.4 Å². The number of carbonyl (C=O) groups excluding carboxylic acids is 1. The number of alkyl carbamates (subject to hydrolysis) is 1. The highest BCUT2D eigenvalue weighted by atomic mass is 32.2. The largest absolute Gasteiger partial charge is 0.480 e. The molecule has 4 rings (SSSR count). The molecule has 1 aliphatic carbocycles. The third-order valence-corrected chi connectivity index (χ3v) is 6.92. The molecule has 1 amide bonds. The Bertz CT molecular complexity index is 866. The lowest BCUT2D eigenvalue weighted by Gasteiger charge is -2.23. The maximum atomic E-state index is 12.4. The number of amides is 1. The maximum absolute atomic E-state index is 12.4. The number of benzene rings is 2. The third-order valence-electron chi connectivity index (χ3n) is 5.55. The summed E-state index contributed by atoms with van der Waals surface area (Å²) < 4.78 is 10.9. The van der Waals surface area contributed by atoms with Gasteiger partial charge in [0.2, 0.25) is 0 Å². The van der Waals surface area contributed by atoms with E-state index in [1.165, 1.54) is 11.8 Å². The second-order valence-corrected chi connectivity index (χ2v) is 8.87. The van der Waals surface area contributed by atoms with Gasteiger partial charge in [0.15, 0.2) is 0 Å². The van der Waals surface area contributed by atoms with Crippen molar-refractivity contribution in [3.8, 4) is 11.1 Å². The van der Waals surface area contributed by atoms with Crippen LogP contribution in [-0.4, -0.2) is 54.0 Å². The lowest BCUT2D eigenvalue weighted by atomic mass is 9.98. The lowest BCUT2D eigenvalue weighted by Crippen LogP contribution is -2.43. The molecule has 0 bridgehead atoms. The number of nitrogens with one attached hydrogen (secondary N) is 1. The topological polar surface area (TPSA) is 84.9 Å². The quantitative estimate of drug-likeness (QED) is 0.697. The molecule has 2 unspecified atom stereocenters. The van der Waals surface area contributed by atoms with Crippen LogP contribution < -0.4 is 5.32 Å². The Hall–Kier alpha value is -2.51. The zero-order valence-corrected chi connectivity index (χ0v) is 17.4. The van der Waals surface area contributed by atoms with Gasteiger partial charge in [-0.25, -0.2) is 9.59 Å². The van der Waals surface area contributed by atoms with Crippen LogP contribution >= 0.6 is 11.8 Å². The predicted octanol–water partition coefficient (Wildman–Crippen LogP) is 3.89. The van der Waals surface area contributed by atoms with Crippen LogP contribution in [0, 0.1) is 0 Å². The van der Waals surface area contributed by atoms with E-state index in [4.69, 9.17) is 9.47 Å². The highest BCUT2D eigenvalue weighted by molar-refractivity contribution is 8.00. The zero-order valence-electron chi connectivity index (χ0n) is 16.6. The number of thioether (sulfide) groups is 1. The Morgan fingerprint density at radius 3 is 2.40 bits per heavy atom. The number of fused-ring (bicyclic) bond motifs is 3. The van der Waals surface area contributed by atoms with Crippen molar-refractivity contribution in [2.24, 2.45) is 0 Å². The molecule has 1 saturated heterocycles. The van der Waals surface area contributed by atoms with Crippen LogP contribution in [-0.2, 0) is 14.3 Å². The van der Waals surface area contributed by atoms with Crippen molar-refractivity contribution in [3.63, 3.8) is 0 Å². The first kappa shape index (κ1) is 20.8. The van der Waals surface area contributed by atoms with Gasteiger partial charge in [-0.1, -0.05) is 48.5 Å². The van der Waals surface area contributed by atoms with Gasteiger partial charge in [0.05, 0.1) is 6.61 Å². The lowest BCUT2D eigenvalue weighted by molar-refractivity contribution is -0.138. The average molecular weight is 428 g/mol. The first-order valence-corrected chi connectivity index (χ1v) is 11.2. The van der Waals surface area contributed by atoms with Gasteiger partial charge in [0.25, 0.3) is 0 Å². The molecule has 2 atom stereocenters. The van der Waals surface area contributed by atoms with Gasteiger partial charge in [-0.3, -0.25) is 0 Å². The van der Waals surface area contributed by atoms with Gasteiger partial charge in [0, 0.05) is 23.5 Å². The summed E-state index contributed by atoms with van der Waals surface area (Å²) in [6, 6.07) is 15.2. The maximum Gasteiger partial charge on any atom is 0.407 e. The number of rotatable bonds is 7. The minimum Gasteiger partial charge on any atom is -0.480 e. The number of hydrogen-bond donors (Lipinski definition) is 2. The van der Waals surface area contributed by atoms with E-state index in [1.54, 1.807) is 0 Å². The van der Waals surface area contributed by atoms with Crippen LogP contribution in [0.5, 0.6) is 0 Å². The summed E-state index contributed by atoms with van der Waals surface area (Å²) in [5, 5.41) is 12.3. The van der Waals surface area contributed by atoms with Gasteiger partial charge >= 0.3 is 12.1 Å². The Labute approximate surface area is 180 Å². The fourth-order valence-corrected chi connectivity index (χ4v) is 5.25. The Morgan fingerprint density at radius 2 is 1.80 bits per heavy atom. The molecule has 0 aromatic heterocycles. The molecule has 7 heteroatoms. The van der Waals surface area contributed by atoms with E-state index in [0.29, 0.717) is 6.61 Å². The Morgan fingerprint density at radius 1 is 1.13 bits per heavy atom. The van der Waals surface area contributed by atoms with Crippen LogP contribution in [0.2, 0.25) is 0 Å². The van der Waals surface area contributed by atoms with Crippen molar-refractivity contribution in [1.29, 1.82) is 0 Å². The highest BCUT2D eigenvalue weighted by Gasteiger charge is 2.30. The summed E-state index contributed by atoms with van der Waals surface area (Å²) in [7, 11) is 0. The van der Waals surface area contributed by atoms with E-state index < -0.39 is 18.1 Å². The summed E-state index contributed by atoms with van der Waals surface area (Å²) in [5.41, 5.74) is 4.54. The number of ether oxygens (including phenoxy) is 2. The second-order valence-electron chi connectivity index (χ2n) is 7.53. The van der Waals surface area contributed by atoms with Gasteiger partial charge < -0.3 is 19.9 Å². The molecule has 2 aromatic rings. The minimum atomic E-state index is -1.06. The van der Waals surface area contributed by atoms with Crippen LogP contribution in [0.3, 0.4) is 0 Å². The summed E-state index contributed by atoms with van der Waals surface area (Å²) in [4.78, 5) is 23.9. The normalized spacial score (nSPS) is 18.9. The molecule has 0 saturated carbocycles. The fourth-order valence-electron chi connectivity index (χ4n) is 4.03. The van der Waals surface area contributed by atoms with E-state index in [0.717, 1.165) is 41.7 Å². The van der Waals surface area contributed by atoms with Crippen molar-refractivity contribution < 1.29 is 24.2 Å². The van der Waals surface area contributed by atoms with Crippen LogP contribution in [0.15, 0.2) is 48.5 Å². The van der Waals surface area contributed by atoms with Crippen LogP contribution in [0.25, 0.3) is 11.1 Å². The molecule has 1 aliphatic heterocycles. The van der Waals surface area contributed by atoms with Gasteiger partial charge in [-0.15, -0.1) is 0 Å². The molecule has 30 heavy (non-hydrogen) atoms. The second kappa shape index (κ2) is 9.53. The molecule has 2 N–H and O–H groups in total. The molecule has 6 nitrogen and oxygen atoms in total. The first-order chi connectivity index (χ1) is 14.6. The zero-order chi connectivity index (χ0) is 20.9. The minimum absolute atomic E-state index is 0.0554. The van der Waals surface area contributed by atoms with Crippen molar-refractivity contribution >= 4 is 23.8 Å². The van der Waals surface area contributed by atoms with E-state index >= 15 is 0 Å². The number of carbonyl (C=O) groups is 2. The number of carboxylic acid groups (broad SMARTS) is 1. The summed E-state index contributed by atoms with van der Waals surface area (Å²) >= 11 is 1.52. The molecular weight excluding hydrogens is 402 g/mol.